The van der Waals surface area contributed by atoms with Gasteiger partial charge in [0.25, 0.3) is 11.5 Å². The number of nitrogens with one attached hydrogen (secondary N) is 1. The zero-order chi connectivity index (χ0) is 26.4. The first-order valence-electron chi connectivity index (χ1n) is 13.7. The number of aryl methyl sites for hydroxylation is 1. The summed E-state index contributed by atoms with van der Waals surface area (Å²) < 4.78 is 2.04. The lowest BCUT2D eigenvalue weighted by Gasteiger charge is -2.41. The van der Waals surface area contributed by atoms with Crippen LogP contribution >= 0.6 is 0 Å². The first kappa shape index (κ1) is 27.1. The van der Waals surface area contributed by atoms with Crippen LogP contribution in [0.25, 0.3) is 21.8 Å². The number of H-pyrrole nitrogens is 1. The Bertz CT molecular complexity index is 1530. The van der Waals surface area contributed by atoms with E-state index < -0.39 is 0 Å². The maximum Gasteiger partial charge on any atom is 0.259 e. The molecule has 0 radical (unpaired) electrons. The summed E-state index contributed by atoms with van der Waals surface area (Å²) in [6.07, 6.45) is 3.66. The minimum absolute atomic E-state index is 0. The molecule has 2 aliphatic rings. The first-order chi connectivity index (χ1) is 18.4. The molecule has 1 amide bonds. The number of likely N-dealkylation sites (N-methyl/N-ethyl adjacent to an activating group) is 1. The molecule has 0 aliphatic carbocycles. The highest BCUT2D eigenvalue weighted by Gasteiger charge is 2.31. The number of aromatic nitrogens is 3. The van der Waals surface area contributed by atoms with Gasteiger partial charge in [0.05, 0.1) is 34.7 Å². The molecule has 0 spiro atoms. The number of pyridine rings is 1. The second kappa shape index (κ2) is 10.9. The Morgan fingerprint density at radius 3 is 2.51 bits per heavy atom. The number of piperidine rings is 1. The number of carbonyl (C=O) groups excluding carboxylic acids is 1. The molecule has 2 aromatic carbocycles. The van der Waals surface area contributed by atoms with Crippen molar-refractivity contribution in [2.75, 3.05) is 46.3 Å². The fourth-order valence-electron chi connectivity index (χ4n) is 6.29. The number of amides is 1. The number of piperazine rings is 1. The van der Waals surface area contributed by atoms with Gasteiger partial charge in [-0.2, -0.15) is 5.10 Å². The molecule has 2 aromatic heterocycles. The number of fused-ring (bicyclic) bond motifs is 3. The summed E-state index contributed by atoms with van der Waals surface area (Å²) in [5, 5.41) is 6.15. The van der Waals surface area contributed by atoms with Crippen LogP contribution in [0, 0.1) is 6.92 Å². The van der Waals surface area contributed by atoms with Gasteiger partial charge in [0.2, 0.25) is 0 Å². The van der Waals surface area contributed by atoms with Crippen molar-refractivity contribution in [1.82, 2.24) is 29.5 Å². The van der Waals surface area contributed by atoms with E-state index in [1.807, 2.05) is 34.7 Å². The second-order valence-electron chi connectivity index (χ2n) is 10.9. The number of rotatable bonds is 4. The van der Waals surface area contributed by atoms with Gasteiger partial charge >= 0.3 is 0 Å². The summed E-state index contributed by atoms with van der Waals surface area (Å²) in [7, 11) is 2.14. The number of benzene rings is 2. The quantitative estimate of drug-likeness (QED) is 0.419. The molecule has 0 saturated carbocycles. The number of nitrogens with zero attached hydrogens (tertiary/aromatic N) is 5. The Hall–Kier alpha value is -3.49. The average molecular weight is 529 g/mol. The Morgan fingerprint density at radius 2 is 1.79 bits per heavy atom. The van der Waals surface area contributed by atoms with E-state index >= 15 is 0 Å². The molecule has 4 heterocycles. The van der Waals surface area contributed by atoms with Crippen molar-refractivity contribution in [2.45, 2.75) is 46.2 Å². The zero-order valence-corrected chi connectivity index (χ0v) is 22.5. The van der Waals surface area contributed by atoms with Crippen LogP contribution < -0.4 is 5.56 Å². The van der Waals surface area contributed by atoms with Gasteiger partial charge in [-0.25, -0.2) is 0 Å². The van der Waals surface area contributed by atoms with E-state index in [0.29, 0.717) is 24.0 Å². The Balaban J connectivity index is 0.00000308. The fraction of sp³-hybridized carbons (Fsp3) is 0.452. The third-order valence-corrected chi connectivity index (χ3v) is 8.54. The minimum Gasteiger partial charge on any atom is -0.335 e. The summed E-state index contributed by atoms with van der Waals surface area (Å²) in [4.78, 5) is 36.8. The van der Waals surface area contributed by atoms with E-state index in [1.165, 1.54) is 5.56 Å². The van der Waals surface area contributed by atoms with Crippen LogP contribution in [0.1, 0.15) is 60.8 Å². The predicted octanol–water partition coefficient (Wildman–Crippen LogP) is 4.61. The highest BCUT2D eigenvalue weighted by Crippen LogP contribution is 2.31. The molecule has 0 unspecified atom stereocenters. The van der Waals surface area contributed by atoms with Crippen molar-refractivity contribution in [3.05, 3.63) is 75.7 Å². The molecule has 8 nitrogen and oxygen atoms in total. The molecular formula is C31H40N6O2. The average Bonchev–Trinajstić information content (AvgIpc) is 3.39. The maximum absolute atomic E-state index is 14.0. The molecule has 2 saturated heterocycles. The van der Waals surface area contributed by atoms with Gasteiger partial charge in [-0.05, 0) is 69.7 Å². The van der Waals surface area contributed by atoms with Crippen LogP contribution in [0.4, 0.5) is 0 Å². The van der Waals surface area contributed by atoms with Crippen molar-refractivity contribution in [1.29, 1.82) is 0 Å². The number of hydrogen-bond acceptors (Lipinski definition) is 5. The van der Waals surface area contributed by atoms with Crippen LogP contribution in [0.15, 0.2) is 53.5 Å². The van der Waals surface area contributed by atoms with Crippen LogP contribution in [0.3, 0.4) is 0 Å². The van der Waals surface area contributed by atoms with Crippen molar-refractivity contribution in [3.63, 3.8) is 0 Å². The summed E-state index contributed by atoms with van der Waals surface area (Å²) in [6.45, 7) is 9.29. The molecule has 0 bridgehead atoms. The third kappa shape index (κ3) is 4.87. The summed E-state index contributed by atoms with van der Waals surface area (Å²) >= 11 is 0. The van der Waals surface area contributed by atoms with Gasteiger partial charge in [-0.3, -0.25) is 19.2 Å². The maximum atomic E-state index is 14.0. The smallest absolute Gasteiger partial charge is 0.259 e. The fourth-order valence-corrected chi connectivity index (χ4v) is 6.29. The second-order valence-corrected chi connectivity index (χ2v) is 10.9. The highest BCUT2D eigenvalue weighted by atomic mass is 16.2. The lowest BCUT2D eigenvalue weighted by Crippen LogP contribution is -2.50. The van der Waals surface area contributed by atoms with E-state index in [4.69, 9.17) is 0 Å². The topological polar surface area (TPSA) is 77.5 Å². The molecule has 206 valence electrons. The number of carbonyl (C=O) groups is 1. The van der Waals surface area contributed by atoms with Crippen LogP contribution in [-0.2, 0) is 0 Å². The zero-order valence-electron chi connectivity index (χ0n) is 22.5. The number of aromatic amines is 1. The minimum atomic E-state index is -0.133. The Morgan fingerprint density at radius 1 is 1.05 bits per heavy atom. The first-order valence-corrected chi connectivity index (χ1v) is 13.7. The molecule has 6 rings (SSSR count). The van der Waals surface area contributed by atoms with E-state index in [0.717, 1.165) is 61.0 Å². The van der Waals surface area contributed by atoms with Crippen LogP contribution in [0.2, 0.25) is 0 Å². The molecule has 2 aliphatic heterocycles. The molecule has 4 aromatic rings. The molecule has 2 fully saturated rings. The molecule has 39 heavy (non-hydrogen) atoms. The van der Waals surface area contributed by atoms with Gasteiger partial charge < -0.3 is 14.8 Å². The highest BCUT2D eigenvalue weighted by molar-refractivity contribution is 6.07. The molecule has 1 N–H and O–H groups in total. The van der Waals surface area contributed by atoms with Crippen LogP contribution in [-0.4, -0.2) is 81.7 Å². The lowest BCUT2D eigenvalue weighted by atomic mass is 9.99. The van der Waals surface area contributed by atoms with Gasteiger partial charge in [-0.1, -0.05) is 44.7 Å². The van der Waals surface area contributed by atoms with Gasteiger partial charge in [0.15, 0.2) is 0 Å². The van der Waals surface area contributed by atoms with E-state index in [1.54, 1.807) is 6.20 Å². The molecule has 8 heteroatoms. The van der Waals surface area contributed by atoms with Gasteiger partial charge in [-0.15, -0.1) is 0 Å². The summed E-state index contributed by atoms with van der Waals surface area (Å²) in [5.41, 5.74) is 4.26. The van der Waals surface area contributed by atoms with E-state index in [-0.39, 0.29) is 31.0 Å². The monoisotopic (exact) mass is 528 g/mol. The predicted molar refractivity (Wildman–Crippen MR) is 157 cm³/mol. The Labute approximate surface area is 230 Å². The van der Waals surface area contributed by atoms with Gasteiger partial charge in [0.1, 0.15) is 0 Å². The lowest BCUT2D eigenvalue weighted by molar-refractivity contribution is 0.0494. The van der Waals surface area contributed by atoms with Crippen molar-refractivity contribution < 1.29 is 4.79 Å². The molecular weight excluding hydrogens is 488 g/mol. The van der Waals surface area contributed by atoms with E-state index in [2.05, 4.69) is 58.1 Å². The largest absolute Gasteiger partial charge is 0.335 e. The third-order valence-electron chi connectivity index (χ3n) is 8.54. The van der Waals surface area contributed by atoms with Crippen molar-refractivity contribution in [2.24, 2.45) is 0 Å². The standard InChI is InChI=1S/C30H36N6O2.CH4/c1-4-34-14-15-35(19-27(34)21-8-6-5-7-9-21)30(38)23-17-24-26(16-20(23)2)32-29(37)25-18-31-36(28(24)25)22-10-12-33(3)13-11-22;/h5-9,16-18,22,27H,4,10-15,19H2,1-3H3,(H,32,37);1H4/t27-;/m1./s1. The summed E-state index contributed by atoms with van der Waals surface area (Å²) in [5.74, 6) is 0.0470. The van der Waals surface area contributed by atoms with Crippen molar-refractivity contribution >= 4 is 27.7 Å². The van der Waals surface area contributed by atoms with Gasteiger partial charge in [0, 0.05) is 30.6 Å². The summed E-state index contributed by atoms with van der Waals surface area (Å²) in [6, 6.07) is 14.8. The SMILES string of the molecule is C.CCN1CCN(C(=O)c2cc3c(cc2C)[nH]c(=O)c2cnn(C4CCN(C)CC4)c23)C[C@@H]1c1ccccc1. The normalized spacial score (nSPS) is 19.5. The number of hydrogen-bond donors (Lipinski definition) is 1. The Kier molecular flexibility index (Phi) is 7.60. The van der Waals surface area contributed by atoms with Crippen molar-refractivity contribution in [3.8, 4) is 0 Å². The number of likely N-dealkylation sites (tertiary alicyclic amines) is 1. The van der Waals surface area contributed by atoms with E-state index in [9.17, 15) is 9.59 Å². The molecule has 1 atom stereocenters. The van der Waals surface area contributed by atoms with Crippen LogP contribution in [0.5, 0.6) is 0 Å².